The van der Waals surface area contributed by atoms with Crippen molar-refractivity contribution in [3.8, 4) is 0 Å². The summed E-state index contributed by atoms with van der Waals surface area (Å²) in [6, 6.07) is 0. The first-order valence-corrected chi connectivity index (χ1v) is 6.79. The van der Waals surface area contributed by atoms with Gasteiger partial charge in [0.1, 0.15) is 0 Å². The molecule has 5 heteroatoms. The summed E-state index contributed by atoms with van der Waals surface area (Å²) in [6.07, 6.45) is 6.59. The van der Waals surface area contributed by atoms with Crippen molar-refractivity contribution in [3.63, 3.8) is 0 Å². The van der Waals surface area contributed by atoms with Crippen molar-refractivity contribution >= 4 is 11.9 Å². The molecule has 106 valence electrons. The molecule has 0 atom stereocenters. The molecule has 0 aromatic carbocycles. The van der Waals surface area contributed by atoms with E-state index in [2.05, 4.69) is 46.5 Å². The fourth-order valence-corrected chi connectivity index (χ4v) is 0.158. The first-order valence-electron chi connectivity index (χ1n) is 5.81. The van der Waals surface area contributed by atoms with Gasteiger partial charge in [0.05, 0.1) is 11.9 Å². The summed E-state index contributed by atoms with van der Waals surface area (Å²) in [7, 11) is 0. The molecule has 0 saturated heterocycles. The molecule has 0 aromatic heterocycles. The molecule has 0 aliphatic heterocycles. The zero-order valence-electron chi connectivity index (χ0n) is 11.5. The van der Waals surface area contributed by atoms with E-state index in [9.17, 15) is 0 Å². The van der Waals surface area contributed by atoms with Gasteiger partial charge in [-0.05, 0) is 6.42 Å². The van der Waals surface area contributed by atoms with Crippen molar-refractivity contribution in [2.75, 3.05) is 6.61 Å². The van der Waals surface area contributed by atoms with Gasteiger partial charge in [0, 0.05) is 6.61 Å². The van der Waals surface area contributed by atoms with Crippen LogP contribution in [0.5, 0.6) is 0 Å². The number of hydrogen-bond acceptors (Lipinski definition) is 3. The minimum atomic E-state index is 0.344. The van der Waals surface area contributed by atoms with Gasteiger partial charge in [-0.2, -0.15) is 12.8 Å². The summed E-state index contributed by atoms with van der Waals surface area (Å²) in [5.41, 5.74) is 0. The average molecular weight is 305 g/mol. The van der Waals surface area contributed by atoms with E-state index in [0.717, 1.165) is 46.1 Å². The first kappa shape index (κ1) is 30.6. The number of halogens is 1. The fraction of sp³-hybridized carbons (Fsp3) is 0.833. The van der Waals surface area contributed by atoms with Crippen LogP contribution in [0.25, 0.3) is 0 Å². The first-order chi connectivity index (χ1) is 8.24. The third-order valence-corrected chi connectivity index (χ3v) is 1.22. The molecule has 0 bridgehead atoms. The third kappa shape index (κ3) is 162. The van der Waals surface area contributed by atoms with Crippen LogP contribution in [0.4, 0.5) is 0 Å². The number of aliphatic hydroxyl groups is 1. The van der Waals surface area contributed by atoms with Gasteiger partial charge in [0.25, 0.3) is 0 Å². The maximum atomic E-state index is 8.25. The number of unbranched alkanes of at least 4 members (excludes halogenated alkanes) is 3. The van der Waals surface area contributed by atoms with E-state index in [4.69, 9.17) is 13.1 Å². The topological polar surface area (TPSA) is 57.5 Å². The number of hydrogen-bond donors (Lipinski definition) is 2. The monoisotopic (exact) mass is 304 g/mol. The molecule has 3 nitrogen and oxygen atoms in total. The van der Waals surface area contributed by atoms with E-state index in [1.165, 1.54) is 12.8 Å². The normalized spacial score (nSPS) is 6.71. The van der Waals surface area contributed by atoms with Crippen LogP contribution in [-0.2, 0) is 23.7 Å². The molecule has 0 fully saturated rings. The molecular formula is C12H29ClO3Ti. The Morgan fingerprint density at radius 1 is 0.941 bits per heavy atom. The summed E-state index contributed by atoms with van der Waals surface area (Å²) in [5, 5.41) is 8.07. The SMILES string of the molecule is CCCCO.OCl.[CH2-]CCC.[CH2-]CCC.[O]=[Ti+2]. The molecule has 0 unspecified atom stereocenters. The van der Waals surface area contributed by atoms with Crippen molar-refractivity contribution in [3.05, 3.63) is 13.8 Å². The maximum absolute atomic E-state index is 8.25. The van der Waals surface area contributed by atoms with Gasteiger partial charge in [0.2, 0.25) is 0 Å². The predicted molar refractivity (Wildman–Crippen MR) is 71.3 cm³/mol. The van der Waals surface area contributed by atoms with E-state index >= 15 is 0 Å². The Bertz CT molecular complexity index is 59.7. The quantitative estimate of drug-likeness (QED) is 0.609. The van der Waals surface area contributed by atoms with E-state index < -0.39 is 0 Å². The Kier molecular flexibility index (Phi) is 125. The van der Waals surface area contributed by atoms with E-state index in [0.29, 0.717) is 6.61 Å². The second-order valence-electron chi connectivity index (χ2n) is 2.78. The second kappa shape index (κ2) is 69.3. The average Bonchev–Trinajstić information content (AvgIpc) is 2.44. The molecule has 2 N–H and O–H groups in total. The predicted octanol–water partition coefficient (Wildman–Crippen LogP) is 4.03. The van der Waals surface area contributed by atoms with Crippen LogP contribution in [0.2, 0.25) is 0 Å². The summed E-state index contributed by atoms with van der Waals surface area (Å²) >= 11 is 4.39. The fourth-order valence-electron chi connectivity index (χ4n) is 0.158. The summed E-state index contributed by atoms with van der Waals surface area (Å²) in [5.74, 6) is 0. The van der Waals surface area contributed by atoms with Crippen LogP contribution in [-0.4, -0.2) is 16.4 Å². The minimum absolute atomic E-state index is 0.344. The number of rotatable bonds is 4. The zero-order valence-corrected chi connectivity index (χ0v) is 13.9. The molecule has 0 aliphatic carbocycles. The van der Waals surface area contributed by atoms with E-state index in [1.54, 1.807) is 0 Å². The molecule has 17 heavy (non-hydrogen) atoms. The second-order valence-corrected chi connectivity index (χ2v) is 2.78. The van der Waals surface area contributed by atoms with Crippen LogP contribution in [0.1, 0.15) is 59.3 Å². The van der Waals surface area contributed by atoms with Gasteiger partial charge in [0.15, 0.2) is 0 Å². The Morgan fingerprint density at radius 3 is 1.18 bits per heavy atom. The Hall–Kier alpha value is 0.724. The molecule has 0 spiro atoms. The van der Waals surface area contributed by atoms with Gasteiger partial charge in [-0.15, -0.1) is 0 Å². The third-order valence-electron chi connectivity index (χ3n) is 1.22. The molecular weight excluding hydrogens is 275 g/mol. The molecule has 0 rings (SSSR count). The summed E-state index contributed by atoms with van der Waals surface area (Å²) in [4.78, 5) is 0. The van der Waals surface area contributed by atoms with Gasteiger partial charge >= 0.3 is 23.7 Å². The summed E-state index contributed by atoms with van der Waals surface area (Å²) < 4.78 is 14.7. The van der Waals surface area contributed by atoms with Crippen LogP contribution in [0, 0.1) is 13.8 Å². The molecule has 0 radical (unpaired) electrons. The molecule has 0 aromatic rings. The van der Waals surface area contributed by atoms with Gasteiger partial charge in [-0.1, -0.05) is 40.0 Å². The Balaban J connectivity index is -0.0000000371. The van der Waals surface area contributed by atoms with Crippen molar-refractivity contribution in [1.29, 1.82) is 0 Å². The van der Waals surface area contributed by atoms with Crippen LogP contribution >= 0.6 is 11.9 Å². The van der Waals surface area contributed by atoms with Crippen LogP contribution in [0.15, 0.2) is 0 Å². The molecule has 0 aliphatic rings. The number of aliphatic hydroxyl groups excluding tert-OH is 1. The van der Waals surface area contributed by atoms with Gasteiger partial charge < -0.3 is 19.0 Å². The Morgan fingerprint density at radius 2 is 1.18 bits per heavy atom. The standard InChI is InChI=1S/C4H10O.2C4H9.ClHO.O.Ti/c1-2-3-4-5;2*1-3-4-2;1-2;;/h5H,2-4H2,1H3;2*1,3-4H2,2H3;2H;;/q;2*-1;;;+2. The van der Waals surface area contributed by atoms with E-state index in [-0.39, 0.29) is 0 Å². The van der Waals surface area contributed by atoms with Crippen molar-refractivity contribution in [2.24, 2.45) is 0 Å². The van der Waals surface area contributed by atoms with Crippen molar-refractivity contribution in [2.45, 2.75) is 59.3 Å². The van der Waals surface area contributed by atoms with Crippen LogP contribution < -0.4 is 0 Å². The molecule has 0 saturated carbocycles. The van der Waals surface area contributed by atoms with Crippen LogP contribution in [0.3, 0.4) is 0 Å². The van der Waals surface area contributed by atoms with Crippen molar-refractivity contribution < 1.29 is 33.5 Å². The zero-order chi connectivity index (χ0) is 14.9. The summed E-state index contributed by atoms with van der Waals surface area (Å²) in [6.45, 7) is 13.8. The van der Waals surface area contributed by atoms with Crippen molar-refractivity contribution in [1.82, 2.24) is 0 Å². The molecule has 0 heterocycles. The van der Waals surface area contributed by atoms with Gasteiger partial charge in [-0.25, -0.2) is 0 Å². The van der Waals surface area contributed by atoms with Gasteiger partial charge in [-0.3, -0.25) is 4.66 Å². The molecule has 0 amide bonds. The van der Waals surface area contributed by atoms with E-state index in [1.807, 2.05) is 0 Å². The Labute approximate surface area is 125 Å².